The topological polar surface area (TPSA) is 55.1 Å². The number of primary amides is 1. The van der Waals surface area contributed by atoms with Gasteiger partial charge in [-0.25, -0.2) is 13.2 Å². The number of nitrogens with two attached hydrogens (primary N) is 1. The quantitative estimate of drug-likeness (QED) is 0.645. The summed E-state index contributed by atoms with van der Waals surface area (Å²) in [7, 11) is 0. The molecule has 0 aliphatic carbocycles. The molecule has 6 heteroatoms. The number of rotatable bonds is 5. The molecule has 0 aliphatic heterocycles. The van der Waals surface area contributed by atoms with Gasteiger partial charge >= 0.3 is 0 Å². The van der Waals surface area contributed by atoms with Gasteiger partial charge in [0.2, 0.25) is 0 Å². The fourth-order valence-electron chi connectivity index (χ4n) is 1.63. The van der Waals surface area contributed by atoms with Crippen molar-refractivity contribution in [3.05, 3.63) is 65.2 Å². The lowest BCUT2D eigenvalue weighted by Gasteiger charge is -2.13. The standard InChI is InChI=1S/C15H15F3N2O/c1-4-9(16)14(15(19)21)12(5-2)20-13-7-10(17)8(3)6-11(13)18/h4-7,20H,2H2,1,3H3,(H2,19,21)/b9-4+,14-12-. The van der Waals surface area contributed by atoms with Gasteiger partial charge in [-0.2, -0.15) is 0 Å². The summed E-state index contributed by atoms with van der Waals surface area (Å²) in [5.74, 6) is -3.34. The molecule has 0 unspecified atom stereocenters. The Labute approximate surface area is 120 Å². The van der Waals surface area contributed by atoms with Gasteiger partial charge < -0.3 is 11.1 Å². The molecule has 1 aromatic carbocycles. The van der Waals surface area contributed by atoms with Crippen LogP contribution in [0.25, 0.3) is 0 Å². The van der Waals surface area contributed by atoms with Crippen molar-refractivity contribution in [1.29, 1.82) is 0 Å². The monoisotopic (exact) mass is 296 g/mol. The zero-order valence-corrected chi connectivity index (χ0v) is 11.6. The lowest BCUT2D eigenvalue weighted by Crippen LogP contribution is -2.19. The summed E-state index contributed by atoms with van der Waals surface area (Å²) in [6.07, 6.45) is 2.12. The molecule has 1 rings (SSSR count). The number of allylic oxidation sites excluding steroid dienone is 2. The number of benzene rings is 1. The molecule has 0 bridgehead atoms. The SMILES string of the molecule is C=C/C(Nc1cc(F)c(C)cc1F)=C(C(N)=O)\C(F)=C/C. The molecule has 112 valence electrons. The molecule has 0 aliphatic rings. The Morgan fingerprint density at radius 2 is 1.95 bits per heavy atom. The van der Waals surface area contributed by atoms with Crippen LogP contribution in [0.3, 0.4) is 0 Å². The molecule has 0 aromatic heterocycles. The van der Waals surface area contributed by atoms with Gasteiger partial charge in [-0.15, -0.1) is 0 Å². The molecular weight excluding hydrogens is 281 g/mol. The lowest BCUT2D eigenvalue weighted by atomic mass is 10.1. The molecule has 1 aromatic rings. The Kier molecular flexibility index (Phi) is 5.35. The normalized spacial score (nSPS) is 12.7. The minimum absolute atomic E-state index is 0.122. The van der Waals surface area contributed by atoms with Gasteiger partial charge in [0.25, 0.3) is 5.91 Å². The van der Waals surface area contributed by atoms with Crippen molar-refractivity contribution in [1.82, 2.24) is 0 Å². The molecule has 0 radical (unpaired) electrons. The summed E-state index contributed by atoms with van der Waals surface area (Å²) in [5, 5.41) is 2.43. The van der Waals surface area contributed by atoms with E-state index < -0.39 is 28.9 Å². The smallest absolute Gasteiger partial charge is 0.253 e. The van der Waals surface area contributed by atoms with Crippen molar-refractivity contribution < 1.29 is 18.0 Å². The van der Waals surface area contributed by atoms with E-state index in [9.17, 15) is 18.0 Å². The van der Waals surface area contributed by atoms with Crippen LogP contribution in [0.15, 0.2) is 48.0 Å². The Morgan fingerprint density at radius 3 is 2.43 bits per heavy atom. The van der Waals surface area contributed by atoms with E-state index >= 15 is 0 Å². The fourth-order valence-corrected chi connectivity index (χ4v) is 1.63. The summed E-state index contributed by atoms with van der Waals surface area (Å²) in [6, 6.07) is 1.88. The van der Waals surface area contributed by atoms with Crippen molar-refractivity contribution in [2.75, 3.05) is 5.32 Å². The van der Waals surface area contributed by atoms with Gasteiger partial charge in [0.1, 0.15) is 17.5 Å². The van der Waals surface area contributed by atoms with Gasteiger partial charge in [0, 0.05) is 6.07 Å². The highest BCUT2D eigenvalue weighted by molar-refractivity contribution is 5.97. The second kappa shape index (κ2) is 6.78. The largest absolute Gasteiger partial charge is 0.365 e. The second-order valence-electron chi connectivity index (χ2n) is 4.20. The molecule has 0 saturated heterocycles. The van der Waals surface area contributed by atoms with Gasteiger partial charge in [-0.3, -0.25) is 4.79 Å². The van der Waals surface area contributed by atoms with E-state index in [0.717, 1.165) is 24.3 Å². The van der Waals surface area contributed by atoms with Crippen LogP contribution < -0.4 is 11.1 Å². The Morgan fingerprint density at radius 1 is 1.33 bits per heavy atom. The summed E-state index contributed by atoms with van der Waals surface area (Å²) >= 11 is 0. The number of halogens is 3. The number of hydrogen-bond acceptors (Lipinski definition) is 2. The Hall–Kier alpha value is -2.50. The number of aryl methyl sites for hydroxylation is 1. The van der Waals surface area contributed by atoms with Gasteiger partial charge in [-0.05, 0) is 31.6 Å². The van der Waals surface area contributed by atoms with Crippen LogP contribution in [-0.4, -0.2) is 5.91 Å². The first-order valence-electron chi connectivity index (χ1n) is 6.03. The van der Waals surface area contributed by atoms with E-state index in [1.165, 1.54) is 13.8 Å². The summed E-state index contributed by atoms with van der Waals surface area (Å²) < 4.78 is 40.9. The van der Waals surface area contributed by atoms with E-state index in [1.54, 1.807) is 0 Å². The number of nitrogens with one attached hydrogen (secondary N) is 1. The fraction of sp³-hybridized carbons (Fsp3) is 0.133. The lowest BCUT2D eigenvalue weighted by molar-refractivity contribution is -0.114. The number of anilines is 1. The molecule has 0 spiro atoms. The maximum absolute atomic E-state index is 13.8. The number of carbonyl (C=O) groups excluding carboxylic acids is 1. The van der Waals surface area contributed by atoms with Crippen molar-refractivity contribution in [3.8, 4) is 0 Å². The molecule has 3 N–H and O–H groups in total. The molecule has 0 fully saturated rings. The van der Waals surface area contributed by atoms with Crippen LogP contribution in [0, 0.1) is 18.6 Å². The molecule has 0 atom stereocenters. The van der Waals surface area contributed by atoms with Crippen LogP contribution in [0.5, 0.6) is 0 Å². The van der Waals surface area contributed by atoms with Crippen LogP contribution in [0.1, 0.15) is 12.5 Å². The molecular formula is C15H15F3N2O. The third-order valence-corrected chi connectivity index (χ3v) is 2.73. The van der Waals surface area contributed by atoms with E-state index in [0.29, 0.717) is 0 Å². The predicted molar refractivity (Wildman–Crippen MR) is 76.0 cm³/mol. The van der Waals surface area contributed by atoms with Crippen molar-refractivity contribution in [2.24, 2.45) is 5.73 Å². The maximum Gasteiger partial charge on any atom is 0.253 e. The number of carbonyl (C=O) groups is 1. The van der Waals surface area contributed by atoms with Crippen LogP contribution in [-0.2, 0) is 4.79 Å². The summed E-state index contributed by atoms with van der Waals surface area (Å²) in [4.78, 5) is 11.3. The van der Waals surface area contributed by atoms with Crippen LogP contribution in [0.4, 0.5) is 18.9 Å². The summed E-state index contributed by atoms with van der Waals surface area (Å²) in [6.45, 7) is 6.18. The highest BCUT2D eigenvalue weighted by Gasteiger charge is 2.17. The van der Waals surface area contributed by atoms with Crippen molar-refractivity contribution >= 4 is 11.6 Å². The number of hydrogen-bond donors (Lipinski definition) is 2. The molecule has 21 heavy (non-hydrogen) atoms. The van der Waals surface area contributed by atoms with Crippen LogP contribution >= 0.6 is 0 Å². The zero-order chi connectivity index (χ0) is 16.2. The van der Waals surface area contributed by atoms with Crippen LogP contribution in [0.2, 0.25) is 0 Å². The zero-order valence-electron chi connectivity index (χ0n) is 11.6. The van der Waals surface area contributed by atoms with Crippen molar-refractivity contribution in [2.45, 2.75) is 13.8 Å². The van der Waals surface area contributed by atoms with E-state index in [2.05, 4.69) is 11.9 Å². The van der Waals surface area contributed by atoms with Crippen molar-refractivity contribution in [3.63, 3.8) is 0 Å². The minimum Gasteiger partial charge on any atom is -0.365 e. The third kappa shape index (κ3) is 3.75. The molecule has 1 amide bonds. The second-order valence-corrected chi connectivity index (χ2v) is 4.20. The van der Waals surface area contributed by atoms with E-state index in [4.69, 9.17) is 5.73 Å². The first kappa shape index (κ1) is 16.6. The van der Waals surface area contributed by atoms with Gasteiger partial charge in [-0.1, -0.05) is 12.7 Å². The highest BCUT2D eigenvalue weighted by atomic mass is 19.1. The third-order valence-electron chi connectivity index (χ3n) is 2.73. The molecule has 0 saturated carbocycles. The first-order valence-corrected chi connectivity index (χ1v) is 6.03. The average Bonchev–Trinajstić information content (AvgIpc) is 2.42. The maximum atomic E-state index is 13.8. The van der Waals surface area contributed by atoms with E-state index in [-0.39, 0.29) is 16.9 Å². The highest BCUT2D eigenvalue weighted by Crippen LogP contribution is 2.24. The Bertz CT molecular complexity index is 649. The molecule has 3 nitrogen and oxygen atoms in total. The predicted octanol–water partition coefficient (Wildman–Crippen LogP) is 3.48. The van der Waals surface area contributed by atoms with Gasteiger partial charge in [0.15, 0.2) is 0 Å². The molecule has 0 heterocycles. The minimum atomic E-state index is -1.05. The first-order chi connectivity index (χ1) is 9.81. The number of amides is 1. The average molecular weight is 296 g/mol. The van der Waals surface area contributed by atoms with Gasteiger partial charge in [0.05, 0.1) is 17.0 Å². The van der Waals surface area contributed by atoms with E-state index in [1.807, 2.05) is 0 Å². The summed E-state index contributed by atoms with van der Waals surface area (Å²) in [5.41, 5.74) is 4.33. The Balaban J connectivity index is 3.39.